The van der Waals surface area contributed by atoms with Crippen LogP contribution >= 0.6 is 0 Å². The Labute approximate surface area is 120 Å². The minimum Gasteiger partial charge on any atom is -0.476 e. The topological polar surface area (TPSA) is 91.5 Å². The second-order valence-electron chi connectivity index (χ2n) is 4.25. The fourth-order valence-corrected chi connectivity index (χ4v) is 1.87. The number of benzene rings is 1. The van der Waals surface area contributed by atoms with E-state index in [2.05, 4.69) is 10.2 Å². The van der Waals surface area contributed by atoms with Gasteiger partial charge in [-0.05, 0) is 31.2 Å². The monoisotopic (exact) mass is 294 g/mol. The number of nitrogens with zero attached hydrogens (tertiary/aromatic N) is 4. The molecule has 2 rings (SSSR count). The van der Waals surface area contributed by atoms with Crippen LogP contribution in [0.15, 0.2) is 24.3 Å². The molecule has 0 atom stereocenters. The standard InChI is InChI=1S/C13H15FN4O3/c1-2-17(7-8-19)12-11(13(20)21)15-18(16-12)10-5-3-9(14)4-6-10/h3-6,19H,2,7-8H2,1H3,(H,20,21). The van der Waals surface area contributed by atoms with Crippen LogP contribution in [0.5, 0.6) is 0 Å². The van der Waals surface area contributed by atoms with Crippen LogP contribution in [-0.2, 0) is 0 Å². The fourth-order valence-electron chi connectivity index (χ4n) is 1.87. The maximum atomic E-state index is 12.9. The first-order chi connectivity index (χ1) is 10.1. The third-order valence-corrected chi connectivity index (χ3v) is 2.91. The molecule has 0 saturated heterocycles. The van der Waals surface area contributed by atoms with Crippen molar-refractivity contribution in [2.24, 2.45) is 0 Å². The first-order valence-corrected chi connectivity index (χ1v) is 6.39. The molecule has 1 aromatic carbocycles. The van der Waals surface area contributed by atoms with E-state index >= 15 is 0 Å². The molecule has 2 N–H and O–H groups in total. The molecule has 1 aromatic heterocycles. The Bertz CT molecular complexity index is 627. The van der Waals surface area contributed by atoms with Gasteiger partial charge in [0.25, 0.3) is 0 Å². The second-order valence-corrected chi connectivity index (χ2v) is 4.25. The van der Waals surface area contributed by atoms with Gasteiger partial charge in [0, 0.05) is 13.1 Å². The number of aromatic nitrogens is 3. The Morgan fingerprint density at radius 2 is 2.00 bits per heavy atom. The Kier molecular flexibility index (Phi) is 4.49. The lowest BCUT2D eigenvalue weighted by Gasteiger charge is -2.18. The predicted molar refractivity (Wildman–Crippen MR) is 73.2 cm³/mol. The number of aliphatic hydroxyl groups is 1. The summed E-state index contributed by atoms with van der Waals surface area (Å²) in [5.74, 6) is -1.45. The zero-order valence-electron chi connectivity index (χ0n) is 11.4. The van der Waals surface area contributed by atoms with Crippen molar-refractivity contribution in [2.45, 2.75) is 6.92 Å². The predicted octanol–water partition coefficient (Wildman–Crippen LogP) is 0.923. The van der Waals surface area contributed by atoms with Crippen LogP contribution in [0, 0.1) is 5.82 Å². The molecule has 0 saturated carbocycles. The number of hydrogen-bond acceptors (Lipinski definition) is 5. The maximum absolute atomic E-state index is 12.9. The van der Waals surface area contributed by atoms with Crippen LogP contribution in [0.25, 0.3) is 5.69 Å². The Balaban J connectivity index is 2.45. The number of likely N-dealkylation sites (N-methyl/N-ethyl adjacent to an activating group) is 1. The van der Waals surface area contributed by atoms with Gasteiger partial charge in [-0.2, -0.15) is 0 Å². The smallest absolute Gasteiger partial charge is 0.360 e. The molecule has 0 unspecified atom stereocenters. The zero-order chi connectivity index (χ0) is 15.4. The van der Waals surface area contributed by atoms with Crippen LogP contribution in [0.4, 0.5) is 10.2 Å². The lowest BCUT2D eigenvalue weighted by molar-refractivity contribution is 0.0690. The molecule has 112 valence electrons. The van der Waals surface area contributed by atoms with Crippen molar-refractivity contribution >= 4 is 11.8 Å². The summed E-state index contributed by atoms with van der Waals surface area (Å²) >= 11 is 0. The molecule has 0 amide bonds. The van der Waals surface area contributed by atoms with Crippen molar-refractivity contribution in [3.8, 4) is 5.69 Å². The van der Waals surface area contributed by atoms with Crippen molar-refractivity contribution < 1.29 is 19.4 Å². The highest BCUT2D eigenvalue weighted by molar-refractivity contribution is 5.91. The number of carboxylic acid groups (broad SMARTS) is 1. The number of hydrogen-bond donors (Lipinski definition) is 2. The van der Waals surface area contributed by atoms with Gasteiger partial charge in [0.15, 0.2) is 5.82 Å². The van der Waals surface area contributed by atoms with Crippen molar-refractivity contribution in [1.82, 2.24) is 15.0 Å². The van der Waals surface area contributed by atoms with E-state index < -0.39 is 11.8 Å². The van der Waals surface area contributed by atoms with Gasteiger partial charge in [-0.1, -0.05) is 0 Å². The number of carboxylic acids is 1. The Morgan fingerprint density at radius 1 is 1.33 bits per heavy atom. The maximum Gasteiger partial charge on any atom is 0.360 e. The number of halogens is 1. The minimum atomic E-state index is -1.21. The Hall–Kier alpha value is -2.48. The SMILES string of the molecule is CCN(CCO)c1nn(-c2ccc(F)cc2)nc1C(=O)O. The van der Waals surface area contributed by atoms with E-state index in [1.165, 1.54) is 24.3 Å². The van der Waals surface area contributed by atoms with Crippen LogP contribution < -0.4 is 4.90 Å². The van der Waals surface area contributed by atoms with Gasteiger partial charge < -0.3 is 15.1 Å². The number of carbonyl (C=O) groups is 1. The van der Waals surface area contributed by atoms with Gasteiger partial charge in [-0.25, -0.2) is 9.18 Å². The summed E-state index contributed by atoms with van der Waals surface area (Å²) in [5.41, 5.74) is 0.236. The molecule has 0 aliphatic rings. The summed E-state index contributed by atoms with van der Waals surface area (Å²) in [7, 11) is 0. The highest BCUT2D eigenvalue weighted by Crippen LogP contribution is 2.18. The lowest BCUT2D eigenvalue weighted by atomic mass is 10.3. The fraction of sp³-hybridized carbons (Fsp3) is 0.308. The van der Waals surface area contributed by atoms with Crippen LogP contribution in [0.3, 0.4) is 0 Å². The molecule has 2 aromatic rings. The van der Waals surface area contributed by atoms with Crippen LogP contribution in [0.1, 0.15) is 17.4 Å². The van der Waals surface area contributed by atoms with Gasteiger partial charge in [0.2, 0.25) is 5.69 Å². The molecule has 8 heteroatoms. The van der Waals surface area contributed by atoms with E-state index in [-0.39, 0.29) is 24.7 Å². The summed E-state index contributed by atoms with van der Waals surface area (Å²) in [6.45, 7) is 2.41. The molecule has 0 aliphatic carbocycles. The molecule has 0 spiro atoms. The number of aliphatic hydroxyl groups excluding tert-OH is 1. The van der Waals surface area contributed by atoms with Gasteiger partial charge in [0.1, 0.15) is 5.82 Å². The molecule has 7 nitrogen and oxygen atoms in total. The zero-order valence-corrected chi connectivity index (χ0v) is 11.4. The summed E-state index contributed by atoms with van der Waals surface area (Å²) in [6.07, 6.45) is 0. The molecule has 0 aliphatic heterocycles. The third-order valence-electron chi connectivity index (χ3n) is 2.91. The molecule has 0 radical (unpaired) electrons. The number of anilines is 1. The van der Waals surface area contributed by atoms with Crippen molar-refractivity contribution in [1.29, 1.82) is 0 Å². The van der Waals surface area contributed by atoms with E-state index in [4.69, 9.17) is 5.11 Å². The highest BCUT2D eigenvalue weighted by atomic mass is 19.1. The van der Waals surface area contributed by atoms with E-state index in [1.807, 2.05) is 6.92 Å². The second kappa shape index (κ2) is 6.31. The van der Waals surface area contributed by atoms with Gasteiger partial charge in [0.05, 0.1) is 12.3 Å². The molecule has 0 fully saturated rings. The van der Waals surface area contributed by atoms with Crippen LogP contribution in [0.2, 0.25) is 0 Å². The molecule has 0 bridgehead atoms. The average molecular weight is 294 g/mol. The van der Waals surface area contributed by atoms with Gasteiger partial charge >= 0.3 is 5.97 Å². The minimum absolute atomic E-state index is 0.129. The van der Waals surface area contributed by atoms with Crippen molar-refractivity contribution in [2.75, 3.05) is 24.6 Å². The quantitative estimate of drug-likeness (QED) is 0.823. The summed E-state index contributed by atoms with van der Waals surface area (Å²) in [5, 5.41) is 26.3. The van der Waals surface area contributed by atoms with E-state index in [1.54, 1.807) is 4.90 Å². The molecule has 21 heavy (non-hydrogen) atoms. The normalized spacial score (nSPS) is 10.6. The molecular weight excluding hydrogens is 279 g/mol. The summed E-state index contributed by atoms with van der Waals surface area (Å²) < 4.78 is 12.9. The van der Waals surface area contributed by atoms with E-state index in [0.29, 0.717) is 12.2 Å². The Morgan fingerprint density at radius 3 is 2.52 bits per heavy atom. The average Bonchev–Trinajstić information content (AvgIpc) is 2.90. The largest absolute Gasteiger partial charge is 0.476 e. The molecular formula is C13H15FN4O3. The van der Waals surface area contributed by atoms with Crippen molar-refractivity contribution in [3.05, 3.63) is 35.8 Å². The van der Waals surface area contributed by atoms with Gasteiger partial charge in [-0.3, -0.25) is 0 Å². The number of rotatable bonds is 6. The highest BCUT2D eigenvalue weighted by Gasteiger charge is 2.22. The lowest BCUT2D eigenvalue weighted by Crippen LogP contribution is -2.28. The van der Waals surface area contributed by atoms with E-state index in [0.717, 1.165) is 4.80 Å². The van der Waals surface area contributed by atoms with E-state index in [9.17, 15) is 14.3 Å². The summed E-state index contributed by atoms with van der Waals surface area (Å²) in [4.78, 5) is 14.0. The third kappa shape index (κ3) is 3.16. The van der Waals surface area contributed by atoms with Crippen LogP contribution in [-0.4, -0.2) is 50.9 Å². The molecule has 1 heterocycles. The first-order valence-electron chi connectivity index (χ1n) is 6.39. The van der Waals surface area contributed by atoms with Gasteiger partial charge in [-0.15, -0.1) is 15.0 Å². The number of aromatic carboxylic acids is 1. The first kappa shape index (κ1) is 14.9. The summed E-state index contributed by atoms with van der Waals surface area (Å²) in [6, 6.07) is 5.38. The van der Waals surface area contributed by atoms with Crippen molar-refractivity contribution in [3.63, 3.8) is 0 Å².